The summed E-state index contributed by atoms with van der Waals surface area (Å²) >= 11 is 11.8. The molecule has 5 heteroatoms. The number of ether oxygens (including phenoxy) is 1. The first-order chi connectivity index (χ1) is 9.56. The zero-order chi connectivity index (χ0) is 15.0. The maximum Gasteiger partial charge on any atom is 0.330 e. The molecule has 110 valence electrons. The summed E-state index contributed by atoms with van der Waals surface area (Å²) in [6, 6.07) is 5.11. The van der Waals surface area contributed by atoms with Crippen LogP contribution in [0.5, 0.6) is 0 Å². The molecular formula is C15H19Cl2NO2. The third kappa shape index (κ3) is 5.95. The van der Waals surface area contributed by atoms with Gasteiger partial charge in [0.2, 0.25) is 0 Å². The number of nitrogens with zero attached hydrogens (tertiary/aromatic N) is 1. The summed E-state index contributed by atoms with van der Waals surface area (Å²) in [5.41, 5.74) is 0.733. The van der Waals surface area contributed by atoms with Crippen LogP contribution in [0.3, 0.4) is 0 Å². The molecule has 0 aliphatic heterocycles. The van der Waals surface area contributed by atoms with Crippen LogP contribution >= 0.6 is 23.2 Å². The van der Waals surface area contributed by atoms with E-state index >= 15 is 0 Å². The second-order valence-corrected chi connectivity index (χ2v) is 5.04. The number of carbonyl (C=O) groups excluding carboxylic acids is 1. The van der Waals surface area contributed by atoms with Gasteiger partial charge in [0.1, 0.15) is 6.61 Å². The fourth-order valence-corrected chi connectivity index (χ4v) is 2.13. The second kappa shape index (κ2) is 9.01. The van der Waals surface area contributed by atoms with Gasteiger partial charge in [-0.2, -0.15) is 0 Å². The highest BCUT2D eigenvalue weighted by Crippen LogP contribution is 2.21. The van der Waals surface area contributed by atoms with Crippen LogP contribution in [-0.2, 0) is 9.53 Å². The molecule has 0 spiro atoms. The zero-order valence-electron chi connectivity index (χ0n) is 11.7. The van der Waals surface area contributed by atoms with E-state index in [4.69, 9.17) is 27.9 Å². The average molecular weight is 316 g/mol. The Morgan fingerprint density at radius 2 is 2.00 bits per heavy atom. The van der Waals surface area contributed by atoms with E-state index < -0.39 is 0 Å². The van der Waals surface area contributed by atoms with Crippen molar-refractivity contribution in [1.82, 2.24) is 4.90 Å². The fraction of sp³-hybridized carbons (Fsp3) is 0.400. The smallest absolute Gasteiger partial charge is 0.330 e. The van der Waals surface area contributed by atoms with Crippen LogP contribution in [-0.4, -0.2) is 37.1 Å². The lowest BCUT2D eigenvalue weighted by Crippen LogP contribution is -2.27. The van der Waals surface area contributed by atoms with E-state index in [0.29, 0.717) is 16.7 Å². The Hall–Kier alpha value is -1.03. The van der Waals surface area contributed by atoms with Gasteiger partial charge in [0.25, 0.3) is 0 Å². The molecule has 0 saturated carbocycles. The molecule has 0 radical (unpaired) electrons. The number of likely N-dealkylation sites (N-methyl/N-ethyl adjacent to an activating group) is 1. The lowest BCUT2D eigenvalue weighted by molar-refractivity contribution is -0.138. The van der Waals surface area contributed by atoms with Gasteiger partial charge in [0, 0.05) is 22.7 Å². The number of esters is 1. The SMILES string of the molecule is CCN(CC)CCOC(=O)/C=C\c1ccc(Cl)cc1Cl. The Bertz CT molecular complexity index is 471. The van der Waals surface area contributed by atoms with Crippen molar-refractivity contribution >= 4 is 35.2 Å². The van der Waals surface area contributed by atoms with E-state index in [1.807, 2.05) is 0 Å². The standard InChI is InChI=1S/C15H19Cl2NO2/c1-3-18(4-2)9-10-20-15(19)8-6-12-5-7-13(16)11-14(12)17/h5-8,11H,3-4,9-10H2,1-2H3/b8-6-. The van der Waals surface area contributed by atoms with Gasteiger partial charge in [-0.25, -0.2) is 4.79 Å². The summed E-state index contributed by atoms with van der Waals surface area (Å²) in [4.78, 5) is 13.7. The number of halogens is 2. The number of hydrogen-bond donors (Lipinski definition) is 0. The van der Waals surface area contributed by atoms with Gasteiger partial charge in [-0.05, 0) is 36.9 Å². The van der Waals surface area contributed by atoms with E-state index in [1.54, 1.807) is 24.3 Å². The average Bonchev–Trinajstić information content (AvgIpc) is 2.42. The summed E-state index contributed by atoms with van der Waals surface area (Å²) in [7, 11) is 0. The van der Waals surface area contributed by atoms with Crippen LogP contribution < -0.4 is 0 Å². The quantitative estimate of drug-likeness (QED) is 0.564. The highest BCUT2D eigenvalue weighted by atomic mass is 35.5. The highest BCUT2D eigenvalue weighted by Gasteiger charge is 2.02. The number of benzene rings is 1. The summed E-state index contributed by atoms with van der Waals surface area (Å²) in [6.45, 7) is 7.18. The van der Waals surface area contributed by atoms with E-state index in [0.717, 1.165) is 25.2 Å². The van der Waals surface area contributed by atoms with Crippen molar-refractivity contribution in [2.75, 3.05) is 26.2 Å². The molecule has 1 aromatic carbocycles. The Balaban J connectivity index is 2.43. The van der Waals surface area contributed by atoms with Gasteiger partial charge in [0.05, 0.1) is 0 Å². The molecule has 0 heterocycles. The van der Waals surface area contributed by atoms with E-state index in [1.165, 1.54) is 6.08 Å². The molecule has 0 aliphatic carbocycles. The van der Waals surface area contributed by atoms with E-state index in [-0.39, 0.29) is 5.97 Å². The van der Waals surface area contributed by atoms with Crippen LogP contribution in [0.15, 0.2) is 24.3 Å². The molecule has 0 fully saturated rings. The monoisotopic (exact) mass is 315 g/mol. The lowest BCUT2D eigenvalue weighted by Gasteiger charge is -2.16. The van der Waals surface area contributed by atoms with Gasteiger partial charge < -0.3 is 9.64 Å². The molecule has 0 amide bonds. The molecule has 0 saturated heterocycles. The summed E-state index contributed by atoms with van der Waals surface area (Å²) < 4.78 is 5.12. The predicted molar refractivity (Wildman–Crippen MR) is 84.2 cm³/mol. The Labute approximate surface area is 130 Å². The summed E-state index contributed by atoms with van der Waals surface area (Å²) in [6.07, 6.45) is 3.00. The van der Waals surface area contributed by atoms with Gasteiger partial charge in [0.15, 0.2) is 0 Å². The van der Waals surface area contributed by atoms with Crippen LogP contribution in [0.2, 0.25) is 10.0 Å². The van der Waals surface area contributed by atoms with Crippen molar-refractivity contribution in [3.8, 4) is 0 Å². The van der Waals surface area contributed by atoms with Crippen LogP contribution in [0, 0.1) is 0 Å². The number of carbonyl (C=O) groups is 1. The van der Waals surface area contributed by atoms with E-state index in [2.05, 4.69) is 18.7 Å². The van der Waals surface area contributed by atoms with Crippen molar-refractivity contribution in [3.05, 3.63) is 39.9 Å². The molecule has 0 atom stereocenters. The Kier molecular flexibility index (Phi) is 7.67. The molecule has 0 bridgehead atoms. The first-order valence-electron chi connectivity index (χ1n) is 6.59. The van der Waals surface area contributed by atoms with Gasteiger partial charge in [-0.15, -0.1) is 0 Å². The first-order valence-corrected chi connectivity index (χ1v) is 7.34. The highest BCUT2D eigenvalue weighted by molar-refractivity contribution is 6.35. The van der Waals surface area contributed by atoms with Gasteiger partial charge >= 0.3 is 5.97 Å². The third-order valence-corrected chi connectivity index (χ3v) is 3.47. The first kappa shape index (κ1) is 17.0. The Morgan fingerprint density at radius 3 is 2.60 bits per heavy atom. The molecule has 1 rings (SSSR count). The molecule has 0 aromatic heterocycles. The van der Waals surface area contributed by atoms with Crippen molar-refractivity contribution in [1.29, 1.82) is 0 Å². The van der Waals surface area contributed by atoms with Crippen molar-refractivity contribution in [2.24, 2.45) is 0 Å². The zero-order valence-corrected chi connectivity index (χ0v) is 13.2. The maximum atomic E-state index is 11.6. The van der Waals surface area contributed by atoms with Crippen LogP contribution in [0.4, 0.5) is 0 Å². The second-order valence-electron chi connectivity index (χ2n) is 4.19. The topological polar surface area (TPSA) is 29.5 Å². The lowest BCUT2D eigenvalue weighted by atomic mass is 10.2. The molecular weight excluding hydrogens is 297 g/mol. The largest absolute Gasteiger partial charge is 0.461 e. The molecule has 0 unspecified atom stereocenters. The maximum absolute atomic E-state index is 11.6. The van der Waals surface area contributed by atoms with Crippen LogP contribution in [0.1, 0.15) is 19.4 Å². The van der Waals surface area contributed by atoms with E-state index in [9.17, 15) is 4.79 Å². The molecule has 20 heavy (non-hydrogen) atoms. The van der Waals surface area contributed by atoms with Crippen molar-refractivity contribution in [3.63, 3.8) is 0 Å². The normalized spacial score (nSPS) is 11.2. The Morgan fingerprint density at radius 1 is 1.30 bits per heavy atom. The molecule has 0 N–H and O–H groups in total. The van der Waals surface area contributed by atoms with Crippen molar-refractivity contribution < 1.29 is 9.53 Å². The van der Waals surface area contributed by atoms with Gasteiger partial charge in [-0.3, -0.25) is 0 Å². The summed E-state index contributed by atoms with van der Waals surface area (Å²) in [5, 5.41) is 1.07. The molecule has 3 nitrogen and oxygen atoms in total. The minimum absolute atomic E-state index is 0.372. The third-order valence-electron chi connectivity index (χ3n) is 2.91. The minimum Gasteiger partial charge on any atom is -0.461 e. The van der Waals surface area contributed by atoms with Crippen LogP contribution in [0.25, 0.3) is 6.08 Å². The molecule has 0 aliphatic rings. The minimum atomic E-state index is -0.372. The number of hydrogen-bond acceptors (Lipinski definition) is 3. The fourth-order valence-electron chi connectivity index (χ4n) is 1.66. The van der Waals surface area contributed by atoms with Gasteiger partial charge in [-0.1, -0.05) is 43.1 Å². The number of rotatable bonds is 7. The molecule has 1 aromatic rings. The van der Waals surface area contributed by atoms with Crippen molar-refractivity contribution in [2.45, 2.75) is 13.8 Å². The predicted octanol–water partition coefficient (Wildman–Crippen LogP) is 3.89. The summed E-state index contributed by atoms with van der Waals surface area (Å²) in [5.74, 6) is -0.372.